The molecule has 1 unspecified atom stereocenters. The predicted molar refractivity (Wildman–Crippen MR) is 173 cm³/mol. The molecule has 0 bridgehead atoms. The molecule has 0 rings (SSSR count). The quantitative estimate of drug-likeness (QED) is 0.0617. The highest BCUT2D eigenvalue weighted by atomic mass is 16.7. The fourth-order valence-corrected chi connectivity index (χ4v) is 5.06. The van der Waals surface area contributed by atoms with Crippen molar-refractivity contribution in [3.8, 4) is 0 Å². The number of nitrogens with zero attached hydrogens (tertiary/aromatic N) is 2. The molecule has 0 saturated heterocycles. The van der Waals surface area contributed by atoms with Crippen LogP contribution in [0.5, 0.6) is 0 Å². The van der Waals surface area contributed by atoms with Gasteiger partial charge in [-0.05, 0) is 51.6 Å². The molecule has 0 fully saturated rings. The van der Waals surface area contributed by atoms with E-state index in [-0.39, 0.29) is 25.1 Å². The first-order chi connectivity index (χ1) is 20.9. The number of hydrogen-bond acceptors (Lipinski definition) is 8. The average Bonchev–Trinajstić information content (AvgIpc) is 2.98. The summed E-state index contributed by atoms with van der Waals surface area (Å²) in [6.45, 7) is 14.1. The highest BCUT2D eigenvalue weighted by Crippen LogP contribution is 2.17. The topological polar surface area (TPSA) is 106 Å². The van der Waals surface area contributed by atoms with Gasteiger partial charge in [0.05, 0.1) is 0 Å². The number of carboxylic acid groups (broad SMARTS) is 1. The van der Waals surface area contributed by atoms with E-state index < -0.39 is 12.1 Å². The third-order valence-electron chi connectivity index (χ3n) is 7.97. The number of unbranched alkanes of at least 4 members (excludes halogenated alkanes) is 11. The van der Waals surface area contributed by atoms with E-state index in [9.17, 15) is 14.4 Å². The van der Waals surface area contributed by atoms with E-state index in [0.29, 0.717) is 26.1 Å². The van der Waals surface area contributed by atoms with Crippen LogP contribution in [0.1, 0.15) is 143 Å². The number of esters is 1. The van der Waals surface area contributed by atoms with Crippen LogP contribution in [-0.4, -0.2) is 91.6 Å². The third kappa shape index (κ3) is 27.4. The lowest BCUT2D eigenvalue weighted by atomic mass is 10.0. The van der Waals surface area contributed by atoms with Gasteiger partial charge in [-0.25, -0.2) is 4.79 Å². The van der Waals surface area contributed by atoms with E-state index in [1.165, 1.54) is 19.3 Å². The van der Waals surface area contributed by atoms with Crippen molar-refractivity contribution in [1.29, 1.82) is 0 Å². The van der Waals surface area contributed by atoms with Gasteiger partial charge in [0.25, 0.3) is 0 Å². The van der Waals surface area contributed by atoms with E-state index in [4.69, 9.17) is 19.3 Å². The number of carbonyl (C=O) groups is 3. The first kappa shape index (κ1) is 41.1. The summed E-state index contributed by atoms with van der Waals surface area (Å²) < 4.78 is 16.7. The van der Waals surface area contributed by atoms with E-state index in [1.807, 2.05) is 0 Å². The molecule has 0 aromatic rings. The number of rotatable bonds is 31. The fraction of sp³-hybridized carbons (Fsp3) is 0.912. The van der Waals surface area contributed by atoms with Gasteiger partial charge in [0.1, 0.15) is 19.3 Å². The van der Waals surface area contributed by atoms with Crippen molar-refractivity contribution < 1.29 is 33.7 Å². The normalized spacial score (nSPS) is 12.0. The molecule has 0 aromatic heterocycles. The lowest BCUT2D eigenvalue weighted by molar-refractivity contribution is -0.144. The molecule has 0 amide bonds. The maximum Gasteiger partial charge on any atom is 0.508 e. The maximum absolute atomic E-state index is 12.6. The Balaban J connectivity index is 4.55. The van der Waals surface area contributed by atoms with Gasteiger partial charge in [-0.3, -0.25) is 14.5 Å². The summed E-state index contributed by atoms with van der Waals surface area (Å²) in [5.74, 6) is -0.858. The molecule has 9 heteroatoms. The number of carbonyl (C=O) groups excluding carboxylic acids is 2. The smallest absolute Gasteiger partial charge is 0.481 e. The molecular weight excluding hydrogens is 548 g/mol. The Morgan fingerprint density at radius 3 is 1.67 bits per heavy atom. The van der Waals surface area contributed by atoms with Gasteiger partial charge in [-0.1, -0.05) is 91.9 Å². The standard InChI is InChI=1S/C34H66N2O7/c1-5-9-11-14-20-24-33(39)41-29-27-36(26-25-35(7-3)8-4)28-30-42-34(40)43-31(21-17-10-6-2)22-18-15-12-13-16-19-23-32(37)38/h31H,5-30H2,1-4H3,(H,37,38). The fourth-order valence-electron chi connectivity index (χ4n) is 5.06. The van der Waals surface area contributed by atoms with Crippen LogP contribution in [0.2, 0.25) is 0 Å². The molecule has 0 aromatic carbocycles. The summed E-state index contributed by atoms with van der Waals surface area (Å²) in [4.78, 5) is 39.9. The Morgan fingerprint density at radius 2 is 1.07 bits per heavy atom. The zero-order chi connectivity index (χ0) is 32.0. The Bertz CT molecular complexity index is 673. The van der Waals surface area contributed by atoms with Gasteiger partial charge in [-0.2, -0.15) is 0 Å². The van der Waals surface area contributed by atoms with Crippen molar-refractivity contribution in [3.63, 3.8) is 0 Å². The number of likely N-dealkylation sites (N-methyl/N-ethyl adjacent to an activating group) is 1. The van der Waals surface area contributed by atoms with Crippen molar-refractivity contribution in [2.45, 2.75) is 149 Å². The maximum atomic E-state index is 12.6. The molecular formula is C34H66N2O7. The van der Waals surface area contributed by atoms with Gasteiger partial charge in [-0.15, -0.1) is 0 Å². The van der Waals surface area contributed by atoms with Gasteiger partial charge in [0.2, 0.25) is 0 Å². The molecule has 0 radical (unpaired) electrons. The van der Waals surface area contributed by atoms with Crippen LogP contribution in [0, 0.1) is 0 Å². The number of aliphatic carboxylic acids is 1. The minimum atomic E-state index is -0.726. The van der Waals surface area contributed by atoms with Crippen molar-refractivity contribution in [1.82, 2.24) is 9.80 Å². The van der Waals surface area contributed by atoms with Gasteiger partial charge >= 0.3 is 18.1 Å². The Labute approximate surface area is 263 Å². The van der Waals surface area contributed by atoms with Gasteiger partial charge in [0, 0.05) is 39.0 Å². The predicted octanol–water partition coefficient (Wildman–Crippen LogP) is 7.84. The van der Waals surface area contributed by atoms with Crippen LogP contribution >= 0.6 is 0 Å². The van der Waals surface area contributed by atoms with Crippen LogP contribution in [0.4, 0.5) is 4.79 Å². The van der Waals surface area contributed by atoms with Gasteiger partial charge in [0.15, 0.2) is 0 Å². The molecule has 9 nitrogen and oxygen atoms in total. The molecule has 0 heterocycles. The minimum absolute atomic E-state index is 0.132. The van der Waals surface area contributed by atoms with Crippen LogP contribution in [0.15, 0.2) is 0 Å². The van der Waals surface area contributed by atoms with Crippen molar-refractivity contribution in [2.75, 3.05) is 52.5 Å². The van der Waals surface area contributed by atoms with Crippen LogP contribution in [0.25, 0.3) is 0 Å². The van der Waals surface area contributed by atoms with Crippen LogP contribution in [-0.2, 0) is 23.8 Å². The molecule has 0 aliphatic rings. The van der Waals surface area contributed by atoms with Crippen molar-refractivity contribution in [3.05, 3.63) is 0 Å². The monoisotopic (exact) mass is 614 g/mol. The number of carboxylic acids is 1. The van der Waals surface area contributed by atoms with E-state index in [1.54, 1.807) is 0 Å². The Morgan fingerprint density at radius 1 is 0.581 bits per heavy atom. The minimum Gasteiger partial charge on any atom is -0.481 e. The molecule has 254 valence electrons. The first-order valence-electron chi connectivity index (χ1n) is 17.5. The highest BCUT2D eigenvalue weighted by molar-refractivity contribution is 5.69. The summed E-state index contributed by atoms with van der Waals surface area (Å²) in [6, 6.07) is 0. The van der Waals surface area contributed by atoms with Gasteiger partial charge < -0.3 is 24.2 Å². The second-order valence-corrected chi connectivity index (χ2v) is 11.6. The SMILES string of the molecule is CCCCCCCC(=O)OCCN(CCOC(=O)OC(CCCCC)CCCCCCCCC(=O)O)CCN(CC)CC. The summed E-state index contributed by atoms with van der Waals surface area (Å²) >= 11 is 0. The second kappa shape index (κ2) is 30.2. The molecule has 0 aliphatic carbocycles. The zero-order valence-corrected chi connectivity index (χ0v) is 28.3. The Kier molecular flexibility index (Phi) is 28.9. The zero-order valence-electron chi connectivity index (χ0n) is 28.3. The Hall–Kier alpha value is -1.87. The van der Waals surface area contributed by atoms with E-state index in [0.717, 1.165) is 110 Å². The summed E-state index contributed by atoms with van der Waals surface area (Å²) in [5, 5.41) is 8.74. The molecule has 0 aliphatic heterocycles. The van der Waals surface area contributed by atoms with Crippen LogP contribution < -0.4 is 0 Å². The molecule has 1 atom stereocenters. The molecule has 1 N–H and O–H groups in total. The summed E-state index contributed by atoms with van der Waals surface area (Å²) in [7, 11) is 0. The highest BCUT2D eigenvalue weighted by Gasteiger charge is 2.16. The van der Waals surface area contributed by atoms with Crippen LogP contribution in [0.3, 0.4) is 0 Å². The van der Waals surface area contributed by atoms with Crippen molar-refractivity contribution in [2.24, 2.45) is 0 Å². The summed E-state index contributed by atoms with van der Waals surface area (Å²) in [5.41, 5.74) is 0. The van der Waals surface area contributed by atoms with E-state index >= 15 is 0 Å². The molecule has 0 saturated carbocycles. The lowest BCUT2D eigenvalue weighted by Crippen LogP contribution is -2.39. The molecule has 43 heavy (non-hydrogen) atoms. The average molecular weight is 615 g/mol. The van der Waals surface area contributed by atoms with E-state index in [2.05, 4.69) is 37.5 Å². The number of ether oxygens (including phenoxy) is 3. The molecule has 0 spiro atoms. The largest absolute Gasteiger partial charge is 0.508 e. The van der Waals surface area contributed by atoms with Crippen molar-refractivity contribution >= 4 is 18.1 Å². The second-order valence-electron chi connectivity index (χ2n) is 11.6. The third-order valence-corrected chi connectivity index (χ3v) is 7.97. The first-order valence-corrected chi connectivity index (χ1v) is 17.5. The summed E-state index contributed by atoms with van der Waals surface area (Å²) in [6.07, 6.45) is 16.3. The lowest BCUT2D eigenvalue weighted by Gasteiger charge is -2.26. The number of hydrogen-bond donors (Lipinski definition) is 1.